The van der Waals surface area contributed by atoms with Crippen molar-refractivity contribution in [2.45, 2.75) is 11.8 Å². The second kappa shape index (κ2) is 4.12. The Labute approximate surface area is 102 Å². The zero-order chi connectivity index (χ0) is 12.6. The van der Waals surface area contributed by atoms with E-state index >= 15 is 0 Å². The van der Waals surface area contributed by atoms with E-state index in [1.54, 1.807) is 19.1 Å². The topological polar surface area (TPSA) is 62.8 Å². The van der Waals surface area contributed by atoms with Gasteiger partial charge < -0.3 is 0 Å². The molecule has 0 aliphatic carbocycles. The third-order valence-electron chi connectivity index (χ3n) is 2.33. The van der Waals surface area contributed by atoms with Gasteiger partial charge in [-0.15, -0.1) is 0 Å². The summed E-state index contributed by atoms with van der Waals surface area (Å²) >= 11 is 0. The van der Waals surface area contributed by atoms with Crippen LogP contribution < -0.4 is 0 Å². The Morgan fingerprint density at radius 2 is 2.12 bits per heavy atom. The highest BCUT2D eigenvalue weighted by Gasteiger charge is 2.19. The maximum atomic E-state index is 13.4. The second-order valence-electron chi connectivity index (χ2n) is 3.51. The first-order valence-electron chi connectivity index (χ1n) is 4.64. The number of nitrogens with one attached hydrogen (secondary N) is 1. The van der Waals surface area contributed by atoms with Crippen LogP contribution >= 0.6 is 10.7 Å². The van der Waals surface area contributed by atoms with Crippen molar-refractivity contribution < 1.29 is 12.8 Å². The molecule has 1 heterocycles. The van der Waals surface area contributed by atoms with Crippen molar-refractivity contribution in [1.29, 1.82) is 0 Å². The highest BCUT2D eigenvalue weighted by Crippen LogP contribution is 2.28. The summed E-state index contributed by atoms with van der Waals surface area (Å²) in [6.07, 6.45) is 1.09. The molecule has 90 valence electrons. The summed E-state index contributed by atoms with van der Waals surface area (Å²) in [5.74, 6) is -0.421. The predicted octanol–water partition coefficient (Wildman–Crippen LogP) is 2.45. The van der Waals surface area contributed by atoms with E-state index in [9.17, 15) is 12.8 Å². The summed E-state index contributed by atoms with van der Waals surface area (Å²) in [6.45, 7) is 1.62. The summed E-state index contributed by atoms with van der Waals surface area (Å²) in [5.41, 5.74) is 1.03. The van der Waals surface area contributed by atoms with Gasteiger partial charge in [0, 0.05) is 16.2 Å². The summed E-state index contributed by atoms with van der Waals surface area (Å²) in [5, 5.41) is 6.10. The van der Waals surface area contributed by atoms with Gasteiger partial charge in [-0.3, -0.25) is 5.10 Å². The molecule has 2 rings (SSSR count). The number of rotatable bonds is 2. The molecule has 2 aromatic rings. The number of nitrogens with zero attached hydrogens (tertiary/aromatic N) is 1. The molecule has 0 bridgehead atoms. The number of H-pyrrole nitrogens is 1. The van der Waals surface area contributed by atoms with Crippen LogP contribution in [-0.2, 0) is 9.05 Å². The molecule has 0 aliphatic rings. The van der Waals surface area contributed by atoms with Crippen molar-refractivity contribution in [2.24, 2.45) is 0 Å². The standard InChI is InChI=1S/C10H8ClFN2O2S/c1-6-2-3-7(4-8(6)12)10-9(5-13-14-10)17(11,15)16/h2-5H,1H3,(H,13,14). The van der Waals surface area contributed by atoms with E-state index in [-0.39, 0.29) is 10.6 Å². The molecule has 0 spiro atoms. The lowest BCUT2D eigenvalue weighted by Gasteiger charge is -2.02. The molecule has 0 radical (unpaired) electrons. The van der Waals surface area contributed by atoms with E-state index in [0.717, 1.165) is 6.20 Å². The van der Waals surface area contributed by atoms with E-state index < -0.39 is 14.9 Å². The highest BCUT2D eigenvalue weighted by atomic mass is 35.7. The lowest BCUT2D eigenvalue weighted by molar-refractivity contribution is 0.609. The zero-order valence-corrected chi connectivity index (χ0v) is 10.3. The highest BCUT2D eigenvalue weighted by molar-refractivity contribution is 8.13. The molecule has 1 aromatic carbocycles. The summed E-state index contributed by atoms with van der Waals surface area (Å²) in [7, 11) is 1.34. The summed E-state index contributed by atoms with van der Waals surface area (Å²) in [4.78, 5) is -0.164. The maximum absolute atomic E-state index is 13.4. The van der Waals surface area contributed by atoms with Gasteiger partial charge >= 0.3 is 0 Å². The number of hydrogen-bond acceptors (Lipinski definition) is 3. The molecule has 1 N–H and O–H groups in total. The van der Waals surface area contributed by atoms with Gasteiger partial charge in [0.2, 0.25) is 0 Å². The number of aromatic nitrogens is 2. The Morgan fingerprint density at radius 3 is 2.71 bits per heavy atom. The first kappa shape index (κ1) is 12.1. The van der Waals surface area contributed by atoms with Gasteiger partial charge in [0.1, 0.15) is 10.7 Å². The minimum Gasteiger partial charge on any atom is -0.276 e. The molecule has 0 unspecified atom stereocenters. The van der Waals surface area contributed by atoms with Crippen LogP contribution in [0.4, 0.5) is 4.39 Å². The molecule has 0 fully saturated rings. The van der Waals surface area contributed by atoms with Gasteiger partial charge in [0.25, 0.3) is 9.05 Å². The van der Waals surface area contributed by atoms with E-state index in [4.69, 9.17) is 10.7 Å². The zero-order valence-electron chi connectivity index (χ0n) is 8.74. The molecule has 0 atom stereocenters. The third-order valence-corrected chi connectivity index (χ3v) is 3.66. The smallest absolute Gasteiger partial charge is 0.265 e. The Morgan fingerprint density at radius 1 is 1.41 bits per heavy atom. The monoisotopic (exact) mass is 274 g/mol. The van der Waals surface area contributed by atoms with Crippen LogP contribution in [0.25, 0.3) is 11.3 Å². The Bertz CT molecular complexity index is 667. The number of aromatic amines is 1. The van der Waals surface area contributed by atoms with Crippen LogP contribution in [0.2, 0.25) is 0 Å². The fraction of sp³-hybridized carbons (Fsp3) is 0.100. The molecule has 0 aliphatic heterocycles. The van der Waals surface area contributed by atoms with Crippen molar-refractivity contribution in [1.82, 2.24) is 10.2 Å². The summed E-state index contributed by atoms with van der Waals surface area (Å²) in [6, 6.07) is 4.38. The van der Waals surface area contributed by atoms with Gasteiger partial charge in [-0.25, -0.2) is 12.8 Å². The number of hydrogen-bond donors (Lipinski definition) is 1. The van der Waals surface area contributed by atoms with Crippen LogP contribution in [0.15, 0.2) is 29.3 Å². The molecule has 17 heavy (non-hydrogen) atoms. The SMILES string of the molecule is Cc1ccc(-c2[nH]ncc2S(=O)(=O)Cl)cc1F. The van der Waals surface area contributed by atoms with Gasteiger partial charge in [-0.1, -0.05) is 12.1 Å². The Kier molecular flexibility index (Phi) is 2.92. The van der Waals surface area contributed by atoms with E-state index in [1.807, 2.05) is 0 Å². The lowest BCUT2D eigenvalue weighted by Crippen LogP contribution is -1.93. The molecule has 4 nitrogen and oxygen atoms in total. The lowest BCUT2D eigenvalue weighted by atomic mass is 10.1. The number of aryl methyl sites for hydroxylation is 1. The molecule has 0 amide bonds. The molecular weight excluding hydrogens is 267 g/mol. The minimum absolute atomic E-state index is 0.164. The van der Waals surface area contributed by atoms with Crippen molar-refractivity contribution >= 4 is 19.7 Å². The predicted molar refractivity (Wildman–Crippen MR) is 61.8 cm³/mol. The van der Waals surface area contributed by atoms with Crippen LogP contribution in [0.5, 0.6) is 0 Å². The fourth-order valence-corrected chi connectivity index (χ4v) is 2.35. The Hall–Kier alpha value is -1.40. The summed E-state index contributed by atoms with van der Waals surface area (Å²) < 4.78 is 35.9. The third kappa shape index (κ3) is 2.32. The van der Waals surface area contributed by atoms with Gasteiger partial charge in [-0.2, -0.15) is 5.10 Å². The van der Waals surface area contributed by atoms with Crippen LogP contribution in [0.3, 0.4) is 0 Å². The normalized spacial score (nSPS) is 11.7. The first-order valence-corrected chi connectivity index (χ1v) is 6.95. The Balaban J connectivity index is 2.62. The molecule has 0 saturated carbocycles. The van der Waals surface area contributed by atoms with Crippen molar-refractivity contribution in [3.8, 4) is 11.3 Å². The van der Waals surface area contributed by atoms with E-state index in [1.165, 1.54) is 6.07 Å². The second-order valence-corrected chi connectivity index (χ2v) is 6.05. The van der Waals surface area contributed by atoms with Crippen LogP contribution in [0, 0.1) is 12.7 Å². The molecule has 7 heteroatoms. The quantitative estimate of drug-likeness (QED) is 0.856. The molecular formula is C10H8ClFN2O2S. The largest absolute Gasteiger partial charge is 0.276 e. The van der Waals surface area contributed by atoms with Gasteiger partial charge in [0.05, 0.1) is 11.9 Å². The van der Waals surface area contributed by atoms with Crippen LogP contribution in [0.1, 0.15) is 5.56 Å². The van der Waals surface area contributed by atoms with E-state index in [0.29, 0.717) is 11.1 Å². The molecule has 0 saturated heterocycles. The first-order chi connectivity index (χ1) is 7.89. The van der Waals surface area contributed by atoms with Crippen molar-refractivity contribution in [2.75, 3.05) is 0 Å². The average Bonchev–Trinajstić information content (AvgIpc) is 2.70. The van der Waals surface area contributed by atoms with Gasteiger partial charge in [0.15, 0.2) is 0 Å². The van der Waals surface area contributed by atoms with Crippen molar-refractivity contribution in [3.63, 3.8) is 0 Å². The van der Waals surface area contributed by atoms with Crippen molar-refractivity contribution in [3.05, 3.63) is 35.8 Å². The van der Waals surface area contributed by atoms with Crippen LogP contribution in [-0.4, -0.2) is 18.6 Å². The average molecular weight is 275 g/mol. The number of benzene rings is 1. The fourth-order valence-electron chi connectivity index (χ4n) is 1.42. The maximum Gasteiger partial charge on any atom is 0.265 e. The minimum atomic E-state index is -3.91. The number of halogens is 2. The van der Waals surface area contributed by atoms with Gasteiger partial charge in [-0.05, 0) is 18.6 Å². The van der Waals surface area contributed by atoms with E-state index in [2.05, 4.69) is 10.2 Å². The molecule has 1 aromatic heterocycles.